The predicted molar refractivity (Wildman–Crippen MR) is 75.4 cm³/mol. The first kappa shape index (κ1) is 12.7. The summed E-state index contributed by atoms with van der Waals surface area (Å²) in [5.74, 6) is 1.98. The van der Waals surface area contributed by atoms with Crippen molar-refractivity contribution in [1.29, 1.82) is 0 Å². The average Bonchev–Trinajstić information content (AvgIpc) is 2.68. The monoisotopic (exact) mass is 272 g/mol. The number of aromatic amines is 1. The lowest BCUT2D eigenvalue weighted by atomic mass is 10.1. The highest BCUT2D eigenvalue weighted by atomic mass is 16.5. The van der Waals surface area contributed by atoms with Crippen LogP contribution in [0.2, 0.25) is 0 Å². The average molecular weight is 272 g/mol. The molecule has 0 aliphatic carbocycles. The normalized spacial score (nSPS) is 13.9. The molecule has 0 radical (unpaired) electrons. The van der Waals surface area contributed by atoms with Gasteiger partial charge in [-0.15, -0.1) is 0 Å². The highest BCUT2D eigenvalue weighted by molar-refractivity contribution is 5.61. The van der Waals surface area contributed by atoms with E-state index in [1.165, 1.54) is 0 Å². The fourth-order valence-electron chi connectivity index (χ4n) is 2.09. The number of aromatic nitrogens is 2. The SMILES string of the molecule is Cc1nc(-c2ccc3c(c2)OCCCO3)[nH]c(=O)c1C. The second-order valence-corrected chi connectivity index (χ2v) is 4.84. The first-order valence-corrected chi connectivity index (χ1v) is 6.62. The number of nitrogens with one attached hydrogen (secondary N) is 1. The molecule has 2 aromatic rings. The van der Waals surface area contributed by atoms with Gasteiger partial charge in [-0.1, -0.05) is 0 Å². The van der Waals surface area contributed by atoms with Crippen molar-refractivity contribution in [2.75, 3.05) is 13.2 Å². The van der Waals surface area contributed by atoms with Gasteiger partial charge in [-0.3, -0.25) is 4.79 Å². The van der Waals surface area contributed by atoms with E-state index in [0.717, 1.165) is 23.4 Å². The summed E-state index contributed by atoms with van der Waals surface area (Å²) < 4.78 is 11.2. The van der Waals surface area contributed by atoms with Crippen molar-refractivity contribution in [3.63, 3.8) is 0 Å². The zero-order chi connectivity index (χ0) is 14.1. The van der Waals surface area contributed by atoms with E-state index in [1.54, 1.807) is 6.92 Å². The van der Waals surface area contributed by atoms with Gasteiger partial charge in [-0.25, -0.2) is 4.98 Å². The number of hydrogen-bond acceptors (Lipinski definition) is 4. The van der Waals surface area contributed by atoms with Crippen LogP contribution in [0.3, 0.4) is 0 Å². The van der Waals surface area contributed by atoms with Gasteiger partial charge >= 0.3 is 0 Å². The van der Waals surface area contributed by atoms with Crippen molar-refractivity contribution in [3.8, 4) is 22.9 Å². The zero-order valence-corrected chi connectivity index (χ0v) is 11.5. The van der Waals surface area contributed by atoms with Crippen LogP contribution >= 0.6 is 0 Å². The Morgan fingerprint density at radius 2 is 1.90 bits per heavy atom. The minimum absolute atomic E-state index is 0.111. The number of benzene rings is 1. The van der Waals surface area contributed by atoms with Gasteiger partial charge in [0, 0.05) is 23.2 Å². The molecule has 0 fully saturated rings. The molecule has 0 spiro atoms. The Balaban J connectivity index is 2.07. The van der Waals surface area contributed by atoms with Crippen LogP contribution in [0.25, 0.3) is 11.4 Å². The standard InChI is InChI=1S/C15H16N2O3/c1-9-10(2)16-14(17-15(9)18)11-4-5-12-13(8-11)20-7-3-6-19-12/h4-5,8H,3,6-7H2,1-2H3,(H,16,17,18). The fourth-order valence-corrected chi connectivity index (χ4v) is 2.09. The molecule has 0 saturated carbocycles. The lowest BCUT2D eigenvalue weighted by Gasteiger charge is -2.09. The summed E-state index contributed by atoms with van der Waals surface area (Å²) in [7, 11) is 0. The van der Waals surface area contributed by atoms with Gasteiger partial charge in [0.25, 0.3) is 5.56 Å². The lowest BCUT2D eigenvalue weighted by Crippen LogP contribution is -2.14. The summed E-state index contributed by atoms with van der Waals surface area (Å²) in [5, 5.41) is 0. The van der Waals surface area contributed by atoms with Crippen LogP contribution in [0.15, 0.2) is 23.0 Å². The van der Waals surface area contributed by atoms with Crippen LogP contribution in [0, 0.1) is 13.8 Å². The molecular formula is C15H16N2O3. The van der Waals surface area contributed by atoms with Crippen molar-refractivity contribution >= 4 is 0 Å². The van der Waals surface area contributed by atoms with E-state index in [-0.39, 0.29) is 5.56 Å². The van der Waals surface area contributed by atoms with E-state index in [4.69, 9.17) is 9.47 Å². The predicted octanol–water partition coefficient (Wildman–Crippen LogP) is 2.22. The molecule has 0 saturated heterocycles. The number of nitrogens with zero attached hydrogens (tertiary/aromatic N) is 1. The van der Waals surface area contributed by atoms with Crippen LogP contribution < -0.4 is 15.0 Å². The Bertz CT molecular complexity index is 707. The van der Waals surface area contributed by atoms with Crippen LogP contribution in [0.5, 0.6) is 11.5 Å². The van der Waals surface area contributed by atoms with E-state index >= 15 is 0 Å². The summed E-state index contributed by atoms with van der Waals surface area (Å²) in [6, 6.07) is 5.58. The molecule has 3 rings (SSSR count). The Hall–Kier alpha value is -2.30. The molecule has 2 heterocycles. The smallest absolute Gasteiger partial charge is 0.254 e. The van der Waals surface area contributed by atoms with Crippen LogP contribution in [0.1, 0.15) is 17.7 Å². The molecule has 5 heteroatoms. The summed E-state index contributed by atoms with van der Waals surface area (Å²) in [6.07, 6.45) is 0.864. The number of H-pyrrole nitrogens is 1. The van der Waals surface area contributed by atoms with Crippen molar-refractivity contribution < 1.29 is 9.47 Å². The molecule has 0 atom stereocenters. The van der Waals surface area contributed by atoms with E-state index in [2.05, 4.69) is 9.97 Å². The van der Waals surface area contributed by atoms with Crippen molar-refractivity contribution in [1.82, 2.24) is 9.97 Å². The second kappa shape index (κ2) is 5.00. The Kier molecular flexibility index (Phi) is 3.18. The Morgan fingerprint density at radius 1 is 1.15 bits per heavy atom. The van der Waals surface area contributed by atoms with Gasteiger partial charge in [-0.2, -0.15) is 0 Å². The first-order valence-electron chi connectivity index (χ1n) is 6.62. The molecule has 1 aliphatic heterocycles. The maximum atomic E-state index is 11.8. The number of aryl methyl sites for hydroxylation is 1. The number of fused-ring (bicyclic) bond motifs is 1. The van der Waals surface area contributed by atoms with E-state index < -0.39 is 0 Å². The van der Waals surface area contributed by atoms with E-state index in [1.807, 2.05) is 25.1 Å². The summed E-state index contributed by atoms with van der Waals surface area (Å²) in [5.41, 5.74) is 2.08. The maximum Gasteiger partial charge on any atom is 0.254 e. The van der Waals surface area contributed by atoms with Crippen molar-refractivity contribution in [3.05, 3.63) is 39.8 Å². The molecule has 1 N–H and O–H groups in total. The quantitative estimate of drug-likeness (QED) is 0.864. The number of rotatable bonds is 1. The Morgan fingerprint density at radius 3 is 2.65 bits per heavy atom. The molecular weight excluding hydrogens is 256 g/mol. The van der Waals surface area contributed by atoms with E-state index in [9.17, 15) is 4.79 Å². The third-order valence-electron chi connectivity index (χ3n) is 3.42. The molecule has 0 unspecified atom stereocenters. The third kappa shape index (κ3) is 2.27. The van der Waals surface area contributed by atoms with Crippen LogP contribution in [0.4, 0.5) is 0 Å². The van der Waals surface area contributed by atoms with Crippen LogP contribution in [-0.4, -0.2) is 23.2 Å². The van der Waals surface area contributed by atoms with Gasteiger partial charge < -0.3 is 14.5 Å². The minimum Gasteiger partial charge on any atom is -0.490 e. The number of ether oxygens (including phenoxy) is 2. The summed E-state index contributed by atoms with van der Waals surface area (Å²) in [4.78, 5) is 19.0. The third-order valence-corrected chi connectivity index (χ3v) is 3.42. The van der Waals surface area contributed by atoms with Crippen LogP contribution in [-0.2, 0) is 0 Å². The highest BCUT2D eigenvalue weighted by Gasteiger charge is 2.13. The van der Waals surface area contributed by atoms with Gasteiger partial charge in [0.2, 0.25) is 0 Å². The molecule has 1 aromatic carbocycles. The largest absolute Gasteiger partial charge is 0.490 e. The minimum atomic E-state index is -0.111. The molecule has 1 aromatic heterocycles. The Labute approximate surface area is 116 Å². The fraction of sp³-hybridized carbons (Fsp3) is 0.333. The van der Waals surface area contributed by atoms with Crippen molar-refractivity contribution in [2.24, 2.45) is 0 Å². The summed E-state index contributed by atoms with van der Waals surface area (Å²) >= 11 is 0. The molecule has 5 nitrogen and oxygen atoms in total. The molecule has 1 aliphatic rings. The van der Waals surface area contributed by atoms with Crippen molar-refractivity contribution in [2.45, 2.75) is 20.3 Å². The molecule has 104 valence electrons. The number of hydrogen-bond donors (Lipinski definition) is 1. The first-order chi connectivity index (χ1) is 9.65. The second-order valence-electron chi connectivity index (χ2n) is 4.84. The molecule has 0 bridgehead atoms. The van der Waals surface area contributed by atoms with Gasteiger partial charge in [0.15, 0.2) is 11.5 Å². The molecule has 20 heavy (non-hydrogen) atoms. The van der Waals surface area contributed by atoms with Gasteiger partial charge in [0.05, 0.1) is 13.2 Å². The highest BCUT2D eigenvalue weighted by Crippen LogP contribution is 2.33. The maximum absolute atomic E-state index is 11.8. The lowest BCUT2D eigenvalue weighted by molar-refractivity contribution is 0.297. The van der Waals surface area contributed by atoms with Gasteiger partial charge in [-0.05, 0) is 32.0 Å². The molecule has 0 amide bonds. The van der Waals surface area contributed by atoms with E-state index in [0.29, 0.717) is 30.4 Å². The summed E-state index contributed by atoms with van der Waals surface area (Å²) in [6.45, 7) is 4.88. The zero-order valence-electron chi connectivity index (χ0n) is 11.5. The topological polar surface area (TPSA) is 64.2 Å². The van der Waals surface area contributed by atoms with Gasteiger partial charge in [0.1, 0.15) is 5.82 Å².